The van der Waals surface area contributed by atoms with E-state index in [0.717, 1.165) is 18.4 Å². The molecule has 0 atom stereocenters. The monoisotopic (exact) mass is 403 g/mol. The minimum atomic E-state index is -0.588. The second-order valence-electron chi connectivity index (χ2n) is 8.65. The highest BCUT2D eigenvalue weighted by atomic mass is 16.6. The summed E-state index contributed by atoms with van der Waals surface area (Å²) in [5.74, 6) is 0.270. The van der Waals surface area contributed by atoms with Crippen LogP contribution < -0.4 is 10.6 Å². The number of hydrogen-bond donors (Lipinski definition) is 2. The summed E-state index contributed by atoms with van der Waals surface area (Å²) in [6, 6.07) is 7.97. The number of amides is 3. The van der Waals surface area contributed by atoms with Crippen LogP contribution in [-0.4, -0.2) is 54.6 Å². The third-order valence-electron chi connectivity index (χ3n) is 4.82. The quantitative estimate of drug-likeness (QED) is 0.764. The molecule has 1 saturated heterocycles. The number of nitrogens with one attached hydrogen (secondary N) is 2. The molecule has 7 nitrogen and oxygen atoms in total. The molecule has 0 spiro atoms. The first-order valence-corrected chi connectivity index (χ1v) is 10.2. The van der Waals surface area contributed by atoms with E-state index in [2.05, 4.69) is 10.6 Å². The topological polar surface area (TPSA) is 87.7 Å². The van der Waals surface area contributed by atoms with Crippen molar-refractivity contribution in [2.45, 2.75) is 52.6 Å². The lowest BCUT2D eigenvalue weighted by Crippen LogP contribution is -2.46. The molecule has 0 aliphatic carbocycles. The Morgan fingerprint density at radius 3 is 2.28 bits per heavy atom. The number of hydrogen-bond acceptors (Lipinski definition) is 4. The maximum Gasteiger partial charge on any atom is 0.408 e. The third-order valence-corrected chi connectivity index (χ3v) is 4.82. The lowest BCUT2D eigenvalue weighted by Gasteiger charge is -2.32. The van der Waals surface area contributed by atoms with Gasteiger partial charge in [0.1, 0.15) is 12.1 Å². The molecule has 2 N–H and O–H groups in total. The maximum atomic E-state index is 12.3. The molecular weight excluding hydrogens is 370 g/mol. The number of aryl methyl sites for hydroxylation is 1. The summed E-state index contributed by atoms with van der Waals surface area (Å²) >= 11 is 0. The van der Waals surface area contributed by atoms with E-state index < -0.39 is 11.7 Å². The molecule has 2 rings (SSSR count). The van der Waals surface area contributed by atoms with Crippen LogP contribution in [-0.2, 0) is 20.7 Å². The molecule has 1 aliphatic rings. The van der Waals surface area contributed by atoms with Gasteiger partial charge in [0, 0.05) is 19.6 Å². The van der Waals surface area contributed by atoms with Crippen molar-refractivity contribution >= 4 is 17.9 Å². The Hall–Kier alpha value is -2.57. The summed E-state index contributed by atoms with van der Waals surface area (Å²) < 4.78 is 5.13. The summed E-state index contributed by atoms with van der Waals surface area (Å²) in [5.41, 5.74) is 1.60. The van der Waals surface area contributed by atoms with E-state index in [1.807, 2.05) is 31.2 Å². The highest BCUT2D eigenvalue weighted by Crippen LogP contribution is 2.16. The maximum absolute atomic E-state index is 12.3. The highest BCUT2D eigenvalue weighted by Gasteiger charge is 2.24. The molecule has 0 saturated carbocycles. The van der Waals surface area contributed by atoms with Gasteiger partial charge in [0.2, 0.25) is 11.8 Å². The number of piperidine rings is 1. The van der Waals surface area contributed by atoms with Crippen LogP contribution in [0.25, 0.3) is 0 Å². The number of likely N-dealkylation sites (tertiary alicyclic amines) is 1. The SMILES string of the molecule is Cc1ccc(CC(=O)NCC2CCN(C(=O)CNC(=O)OC(C)(C)C)CC2)cc1. The van der Waals surface area contributed by atoms with Gasteiger partial charge in [0.15, 0.2) is 0 Å². The van der Waals surface area contributed by atoms with Crippen LogP contribution in [0.1, 0.15) is 44.7 Å². The van der Waals surface area contributed by atoms with Gasteiger partial charge in [-0.15, -0.1) is 0 Å². The van der Waals surface area contributed by atoms with Crippen LogP contribution in [0.2, 0.25) is 0 Å². The van der Waals surface area contributed by atoms with Gasteiger partial charge in [-0.25, -0.2) is 4.79 Å². The van der Waals surface area contributed by atoms with Crippen molar-refractivity contribution in [2.75, 3.05) is 26.2 Å². The van der Waals surface area contributed by atoms with Crippen LogP contribution >= 0.6 is 0 Å². The molecule has 29 heavy (non-hydrogen) atoms. The average molecular weight is 404 g/mol. The van der Waals surface area contributed by atoms with Gasteiger partial charge >= 0.3 is 6.09 Å². The summed E-state index contributed by atoms with van der Waals surface area (Å²) in [4.78, 5) is 37.8. The molecule has 0 aromatic heterocycles. The predicted octanol–water partition coefficient (Wildman–Crippen LogP) is 2.42. The second kappa shape index (κ2) is 10.3. The van der Waals surface area contributed by atoms with Gasteiger partial charge in [-0.2, -0.15) is 0 Å². The Labute approximate surface area is 173 Å². The Bertz CT molecular complexity index is 702. The molecule has 1 aromatic rings. The molecule has 1 fully saturated rings. The number of benzene rings is 1. The largest absolute Gasteiger partial charge is 0.444 e. The smallest absolute Gasteiger partial charge is 0.408 e. The molecule has 0 bridgehead atoms. The minimum Gasteiger partial charge on any atom is -0.444 e. The number of ether oxygens (including phenoxy) is 1. The van der Waals surface area contributed by atoms with Crippen LogP contribution in [0, 0.1) is 12.8 Å². The van der Waals surface area contributed by atoms with Crippen LogP contribution in [0.3, 0.4) is 0 Å². The second-order valence-corrected chi connectivity index (χ2v) is 8.65. The fourth-order valence-electron chi connectivity index (χ4n) is 3.17. The molecule has 1 aromatic carbocycles. The summed E-state index contributed by atoms with van der Waals surface area (Å²) in [5, 5.41) is 5.51. The number of carbonyl (C=O) groups excluding carboxylic acids is 3. The molecular formula is C22H33N3O4. The zero-order chi connectivity index (χ0) is 21.4. The van der Waals surface area contributed by atoms with Gasteiger partial charge in [-0.3, -0.25) is 9.59 Å². The molecule has 3 amide bonds. The first-order valence-electron chi connectivity index (χ1n) is 10.2. The van der Waals surface area contributed by atoms with E-state index in [4.69, 9.17) is 4.74 Å². The van der Waals surface area contributed by atoms with Gasteiger partial charge in [0.25, 0.3) is 0 Å². The normalized spacial score (nSPS) is 15.0. The van der Waals surface area contributed by atoms with Crippen molar-refractivity contribution in [3.63, 3.8) is 0 Å². The van der Waals surface area contributed by atoms with E-state index in [0.29, 0.717) is 32.0 Å². The highest BCUT2D eigenvalue weighted by molar-refractivity contribution is 5.82. The lowest BCUT2D eigenvalue weighted by molar-refractivity contribution is -0.131. The standard InChI is InChI=1S/C22H33N3O4/c1-16-5-7-17(8-6-16)13-19(26)23-14-18-9-11-25(12-10-18)20(27)15-24-21(28)29-22(2,3)4/h5-8,18H,9-15H2,1-4H3,(H,23,26)(H,24,28). The lowest BCUT2D eigenvalue weighted by atomic mass is 9.96. The number of alkyl carbamates (subject to hydrolysis) is 1. The molecule has 7 heteroatoms. The molecule has 1 heterocycles. The number of rotatable bonds is 6. The van der Waals surface area contributed by atoms with Crippen molar-refractivity contribution in [1.82, 2.24) is 15.5 Å². The van der Waals surface area contributed by atoms with Crippen molar-refractivity contribution < 1.29 is 19.1 Å². The fraction of sp³-hybridized carbons (Fsp3) is 0.591. The molecule has 0 unspecified atom stereocenters. The van der Waals surface area contributed by atoms with Gasteiger partial charge in [0.05, 0.1) is 6.42 Å². The zero-order valence-electron chi connectivity index (χ0n) is 17.9. The first kappa shape index (κ1) is 22.7. The van der Waals surface area contributed by atoms with E-state index >= 15 is 0 Å². The van der Waals surface area contributed by atoms with E-state index in [-0.39, 0.29) is 18.4 Å². The first-order chi connectivity index (χ1) is 13.6. The van der Waals surface area contributed by atoms with Crippen molar-refractivity contribution in [1.29, 1.82) is 0 Å². The van der Waals surface area contributed by atoms with E-state index in [1.165, 1.54) is 5.56 Å². The van der Waals surface area contributed by atoms with Crippen molar-refractivity contribution in [3.8, 4) is 0 Å². The van der Waals surface area contributed by atoms with E-state index in [1.54, 1.807) is 25.7 Å². The average Bonchev–Trinajstić information content (AvgIpc) is 2.65. The van der Waals surface area contributed by atoms with Crippen LogP contribution in [0.4, 0.5) is 4.79 Å². The molecule has 0 radical (unpaired) electrons. The summed E-state index contributed by atoms with van der Waals surface area (Å²) in [6.07, 6.45) is 1.47. The number of carbonyl (C=O) groups is 3. The van der Waals surface area contributed by atoms with Crippen LogP contribution in [0.5, 0.6) is 0 Å². The fourth-order valence-corrected chi connectivity index (χ4v) is 3.17. The van der Waals surface area contributed by atoms with E-state index in [9.17, 15) is 14.4 Å². The van der Waals surface area contributed by atoms with Crippen molar-refractivity contribution in [3.05, 3.63) is 35.4 Å². The Kier molecular flexibility index (Phi) is 8.05. The Morgan fingerprint density at radius 1 is 1.07 bits per heavy atom. The van der Waals surface area contributed by atoms with Gasteiger partial charge < -0.3 is 20.3 Å². The Balaban J connectivity index is 1.64. The van der Waals surface area contributed by atoms with Gasteiger partial charge in [-0.05, 0) is 52.0 Å². The summed E-state index contributed by atoms with van der Waals surface area (Å²) in [7, 11) is 0. The number of nitrogens with zero attached hydrogens (tertiary/aromatic N) is 1. The minimum absolute atomic E-state index is 0.0221. The van der Waals surface area contributed by atoms with Crippen molar-refractivity contribution in [2.24, 2.45) is 5.92 Å². The van der Waals surface area contributed by atoms with Gasteiger partial charge in [-0.1, -0.05) is 29.8 Å². The predicted molar refractivity (Wildman–Crippen MR) is 111 cm³/mol. The zero-order valence-corrected chi connectivity index (χ0v) is 17.9. The Morgan fingerprint density at radius 2 is 1.69 bits per heavy atom. The molecule has 160 valence electrons. The molecule has 1 aliphatic heterocycles. The van der Waals surface area contributed by atoms with Crippen LogP contribution in [0.15, 0.2) is 24.3 Å². The summed E-state index contributed by atoms with van der Waals surface area (Å²) in [6.45, 7) is 9.18. The third kappa shape index (κ3) is 8.54.